The van der Waals surface area contributed by atoms with Gasteiger partial charge in [0, 0.05) is 24.7 Å². The van der Waals surface area contributed by atoms with E-state index in [1.807, 2.05) is 6.92 Å². The van der Waals surface area contributed by atoms with Crippen molar-refractivity contribution >= 4 is 27.6 Å². The molecule has 1 N–H and O–H groups in total. The van der Waals surface area contributed by atoms with E-state index in [1.54, 1.807) is 30.0 Å². The Morgan fingerprint density at radius 1 is 1.32 bits per heavy atom. The van der Waals surface area contributed by atoms with E-state index in [2.05, 4.69) is 0 Å². The van der Waals surface area contributed by atoms with Gasteiger partial charge in [-0.25, -0.2) is 8.42 Å². The first-order valence-corrected chi connectivity index (χ1v) is 10.0. The fourth-order valence-electron chi connectivity index (χ4n) is 3.73. The summed E-state index contributed by atoms with van der Waals surface area (Å²) >= 11 is 0. The number of amides is 1. The molecule has 3 rings (SSSR count). The highest BCUT2D eigenvalue weighted by molar-refractivity contribution is 7.92. The standard InChI is InChI=1S/C17H22N2O5S/c1-11-8-13-9-12(4-5-14(13)19(11)25(3,23)24)15(20)18-7-6-17(2,10-18)16(21)22/h4-5,9,11H,6-8,10H2,1-3H3,(H,21,22)/t11-,17-/m1/s1. The van der Waals surface area contributed by atoms with Gasteiger partial charge >= 0.3 is 5.97 Å². The number of carbonyl (C=O) groups is 2. The van der Waals surface area contributed by atoms with Crippen molar-refractivity contribution in [1.29, 1.82) is 0 Å². The second-order valence-corrected chi connectivity index (χ2v) is 9.16. The average Bonchev–Trinajstić information content (AvgIpc) is 3.05. The van der Waals surface area contributed by atoms with Crippen molar-refractivity contribution in [3.8, 4) is 0 Å². The number of hydrogen-bond donors (Lipinski definition) is 1. The fraction of sp³-hybridized carbons (Fsp3) is 0.529. The van der Waals surface area contributed by atoms with E-state index in [9.17, 15) is 23.1 Å². The third kappa shape index (κ3) is 2.99. The van der Waals surface area contributed by atoms with Crippen molar-refractivity contribution < 1.29 is 23.1 Å². The molecule has 0 aliphatic carbocycles. The lowest BCUT2D eigenvalue weighted by atomic mass is 9.90. The van der Waals surface area contributed by atoms with Crippen LogP contribution in [0.2, 0.25) is 0 Å². The largest absolute Gasteiger partial charge is 0.481 e. The highest BCUT2D eigenvalue weighted by Gasteiger charge is 2.42. The topological polar surface area (TPSA) is 95.0 Å². The molecule has 0 bridgehead atoms. The van der Waals surface area contributed by atoms with E-state index in [0.29, 0.717) is 30.6 Å². The van der Waals surface area contributed by atoms with Gasteiger partial charge in [0.2, 0.25) is 10.0 Å². The number of benzene rings is 1. The molecular weight excluding hydrogens is 344 g/mol. The monoisotopic (exact) mass is 366 g/mol. The molecule has 1 aromatic carbocycles. The summed E-state index contributed by atoms with van der Waals surface area (Å²) in [7, 11) is -3.37. The summed E-state index contributed by atoms with van der Waals surface area (Å²) in [6.45, 7) is 4.08. The summed E-state index contributed by atoms with van der Waals surface area (Å²) in [4.78, 5) is 25.6. The SMILES string of the molecule is C[C@@H]1Cc2cc(C(=O)N3CC[C@@](C)(C(=O)O)C3)ccc2N1S(C)(=O)=O. The number of carboxylic acids is 1. The maximum Gasteiger partial charge on any atom is 0.311 e. The first-order valence-electron chi connectivity index (χ1n) is 8.18. The summed E-state index contributed by atoms with van der Waals surface area (Å²) in [5.74, 6) is -1.10. The van der Waals surface area contributed by atoms with Crippen LogP contribution in [0.3, 0.4) is 0 Å². The number of likely N-dealkylation sites (tertiary alicyclic amines) is 1. The Morgan fingerprint density at radius 3 is 2.56 bits per heavy atom. The molecule has 0 aromatic heterocycles. The highest BCUT2D eigenvalue weighted by atomic mass is 32.2. The minimum absolute atomic E-state index is 0.183. The molecule has 2 aliphatic heterocycles. The van der Waals surface area contributed by atoms with E-state index in [1.165, 1.54) is 10.6 Å². The van der Waals surface area contributed by atoms with Crippen molar-refractivity contribution in [3.63, 3.8) is 0 Å². The zero-order valence-corrected chi connectivity index (χ0v) is 15.3. The molecular formula is C17H22N2O5S. The van der Waals surface area contributed by atoms with Crippen molar-refractivity contribution in [2.24, 2.45) is 5.41 Å². The number of aliphatic carboxylic acids is 1. The third-order valence-electron chi connectivity index (χ3n) is 5.11. The Morgan fingerprint density at radius 2 is 2.00 bits per heavy atom. The Balaban J connectivity index is 1.86. The quantitative estimate of drug-likeness (QED) is 0.871. The van der Waals surface area contributed by atoms with Gasteiger partial charge in [0.1, 0.15) is 0 Å². The molecule has 136 valence electrons. The summed E-state index contributed by atoms with van der Waals surface area (Å²) in [5, 5.41) is 9.30. The molecule has 0 spiro atoms. The van der Waals surface area contributed by atoms with E-state index in [0.717, 1.165) is 5.56 Å². The molecule has 1 aromatic rings. The van der Waals surface area contributed by atoms with Crippen LogP contribution in [0, 0.1) is 5.41 Å². The number of sulfonamides is 1. The molecule has 1 saturated heterocycles. The molecule has 2 heterocycles. The van der Waals surface area contributed by atoms with Crippen LogP contribution in [0.5, 0.6) is 0 Å². The van der Waals surface area contributed by atoms with Gasteiger partial charge < -0.3 is 10.0 Å². The van der Waals surface area contributed by atoms with Gasteiger partial charge in [-0.05, 0) is 50.5 Å². The number of carboxylic acid groups (broad SMARTS) is 1. The lowest BCUT2D eigenvalue weighted by Gasteiger charge is -2.22. The number of hydrogen-bond acceptors (Lipinski definition) is 4. The van der Waals surface area contributed by atoms with Gasteiger partial charge in [0.05, 0.1) is 17.4 Å². The summed E-state index contributed by atoms with van der Waals surface area (Å²) < 4.78 is 25.3. The summed E-state index contributed by atoms with van der Waals surface area (Å²) in [5.41, 5.74) is 0.997. The fourth-order valence-corrected chi connectivity index (χ4v) is 5.00. The zero-order chi connectivity index (χ0) is 18.6. The van der Waals surface area contributed by atoms with Crippen LogP contribution in [0.4, 0.5) is 5.69 Å². The molecule has 0 unspecified atom stereocenters. The van der Waals surface area contributed by atoms with Crippen LogP contribution in [0.1, 0.15) is 36.2 Å². The van der Waals surface area contributed by atoms with Crippen molar-refractivity contribution in [2.75, 3.05) is 23.7 Å². The second kappa shape index (κ2) is 5.72. The minimum atomic E-state index is -3.37. The molecule has 8 heteroatoms. The van der Waals surface area contributed by atoms with Gasteiger partial charge in [0.25, 0.3) is 5.91 Å². The van der Waals surface area contributed by atoms with Crippen LogP contribution < -0.4 is 4.31 Å². The van der Waals surface area contributed by atoms with E-state index >= 15 is 0 Å². The zero-order valence-electron chi connectivity index (χ0n) is 14.5. The van der Waals surface area contributed by atoms with Gasteiger partial charge in [-0.2, -0.15) is 0 Å². The van der Waals surface area contributed by atoms with Crippen LogP contribution >= 0.6 is 0 Å². The lowest BCUT2D eigenvalue weighted by molar-refractivity contribution is -0.147. The summed E-state index contributed by atoms with van der Waals surface area (Å²) in [6.07, 6.45) is 2.16. The molecule has 2 atom stereocenters. The third-order valence-corrected chi connectivity index (χ3v) is 6.38. The molecule has 1 amide bonds. The molecule has 7 nitrogen and oxygen atoms in total. The number of rotatable bonds is 3. The van der Waals surface area contributed by atoms with E-state index < -0.39 is 21.4 Å². The molecule has 25 heavy (non-hydrogen) atoms. The van der Waals surface area contributed by atoms with E-state index in [-0.39, 0.29) is 18.5 Å². The highest BCUT2D eigenvalue weighted by Crippen LogP contribution is 2.36. The van der Waals surface area contributed by atoms with Crippen molar-refractivity contribution in [1.82, 2.24) is 4.90 Å². The minimum Gasteiger partial charge on any atom is -0.481 e. The Kier molecular flexibility index (Phi) is 4.06. The number of carbonyl (C=O) groups excluding carboxylic acids is 1. The van der Waals surface area contributed by atoms with Gasteiger partial charge in [-0.3, -0.25) is 13.9 Å². The molecule has 0 radical (unpaired) electrons. The number of nitrogens with zero attached hydrogens (tertiary/aromatic N) is 2. The normalized spacial score (nSPS) is 26.0. The van der Waals surface area contributed by atoms with Gasteiger partial charge in [-0.1, -0.05) is 0 Å². The Bertz CT molecular complexity index is 851. The van der Waals surface area contributed by atoms with Crippen LogP contribution in [-0.4, -0.2) is 55.7 Å². The smallest absolute Gasteiger partial charge is 0.311 e. The van der Waals surface area contributed by atoms with Gasteiger partial charge in [-0.15, -0.1) is 0 Å². The summed E-state index contributed by atoms with van der Waals surface area (Å²) in [6, 6.07) is 4.83. The maximum atomic E-state index is 12.7. The second-order valence-electron chi connectivity index (χ2n) is 7.30. The average molecular weight is 366 g/mol. The predicted octanol–water partition coefficient (Wildman–Crippen LogP) is 1.33. The maximum absolute atomic E-state index is 12.7. The van der Waals surface area contributed by atoms with Crippen molar-refractivity contribution in [2.45, 2.75) is 32.7 Å². The van der Waals surface area contributed by atoms with E-state index in [4.69, 9.17) is 0 Å². The van der Waals surface area contributed by atoms with Crippen molar-refractivity contribution in [3.05, 3.63) is 29.3 Å². The van der Waals surface area contributed by atoms with Gasteiger partial charge in [0.15, 0.2) is 0 Å². The Labute approximate surface area is 147 Å². The van der Waals surface area contributed by atoms with Crippen LogP contribution in [-0.2, 0) is 21.2 Å². The first-order chi connectivity index (χ1) is 11.5. The van der Waals surface area contributed by atoms with Crippen LogP contribution in [0.25, 0.3) is 0 Å². The molecule has 1 fully saturated rings. The molecule has 2 aliphatic rings. The Hall–Kier alpha value is -2.09. The number of fused-ring (bicyclic) bond motifs is 1. The number of anilines is 1. The predicted molar refractivity (Wildman–Crippen MR) is 93.2 cm³/mol. The molecule has 0 saturated carbocycles. The first kappa shape index (κ1) is 17.7. The van der Waals surface area contributed by atoms with Crippen LogP contribution in [0.15, 0.2) is 18.2 Å². The lowest BCUT2D eigenvalue weighted by Crippen LogP contribution is -2.35.